The maximum Gasteiger partial charge on any atom is 0.320 e. The van der Waals surface area contributed by atoms with Gasteiger partial charge in [-0.2, -0.15) is 0 Å². The third kappa shape index (κ3) is 5.32. The third-order valence-corrected chi connectivity index (χ3v) is 3.03. The molecule has 1 rings (SSSR count). The van der Waals surface area contributed by atoms with Gasteiger partial charge in [0, 0.05) is 12.0 Å². The number of hydrogen-bond donors (Lipinski definition) is 2. The molecule has 0 saturated carbocycles. The molecule has 0 fully saturated rings. The van der Waals surface area contributed by atoms with E-state index in [-0.39, 0.29) is 6.42 Å². The molecule has 0 spiro atoms. The zero-order valence-corrected chi connectivity index (χ0v) is 11.2. The Hall–Kier alpha value is -2.01. The fourth-order valence-corrected chi connectivity index (χ4v) is 1.81. The van der Waals surface area contributed by atoms with Crippen LogP contribution in [0.2, 0.25) is 0 Å². The van der Waals surface area contributed by atoms with Gasteiger partial charge in [-0.05, 0) is 12.8 Å². The number of carbonyl (C=O) groups is 3. The zero-order valence-electron chi connectivity index (χ0n) is 11.2. The Morgan fingerprint density at radius 2 is 1.70 bits per heavy atom. The molecule has 0 aliphatic carbocycles. The SMILES string of the molecule is N[C@@H](CCCCCC(=O)C(=O)c1ccccc1)C(=O)O. The van der Waals surface area contributed by atoms with E-state index < -0.39 is 23.6 Å². The van der Waals surface area contributed by atoms with E-state index in [1.807, 2.05) is 0 Å². The fourth-order valence-electron chi connectivity index (χ4n) is 1.81. The van der Waals surface area contributed by atoms with Crippen molar-refractivity contribution in [3.05, 3.63) is 35.9 Å². The first kappa shape index (κ1) is 16.0. The van der Waals surface area contributed by atoms with Crippen molar-refractivity contribution < 1.29 is 19.5 Å². The van der Waals surface area contributed by atoms with Crippen LogP contribution < -0.4 is 5.73 Å². The summed E-state index contributed by atoms with van der Waals surface area (Å²) in [6.07, 6.45) is 2.48. The molecule has 0 bridgehead atoms. The molecule has 0 aliphatic heterocycles. The van der Waals surface area contributed by atoms with Gasteiger partial charge in [-0.3, -0.25) is 14.4 Å². The minimum Gasteiger partial charge on any atom is -0.480 e. The van der Waals surface area contributed by atoms with Gasteiger partial charge in [0.2, 0.25) is 11.6 Å². The van der Waals surface area contributed by atoms with Crippen molar-refractivity contribution in [3.8, 4) is 0 Å². The Morgan fingerprint density at radius 3 is 2.30 bits per heavy atom. The van der Waals surface area contributed by atoms with E-state index >= 15 is 0 Å². The van der Waals surface area contributed by atoms with Crippen LogP contribution in [0.25, 0.3) is 0 Å². The Bertz CT molecular complexity index is 470. The number of carboxylic acids is 1. The second-order valence-corrected chi connectivity index (χ2v) is 4.66. The van der Waals surface area contributed by atoms with E-state index in [9.17, 15) is 14.4 Å². The number of carboxylic acid groups (broad SMARTS) is 1. The number of aliphatic carboxylic acids is 1. The van der Waals surface area contributed by atoms with E-state index in [2.05, 4.69) is 0 Å². The summed E-state index contributed by atoms with van der Waals surface area (Å²) >= 11 is 0. The Kier molecular flexibility index (Phi) is 6.59. The minimum atomic E-state index is -1.01. The second kappa shape index (κ2) is 8.22. The van der Waals surface area contributed by atoms with E-state index in [1.165, 1.54) is 0 Å². The minimum absolute atomic E-state index is 0.191. The van der Waals surface area contributed by atoms with Crippen molar-refractivity contribution in [1.82, 2.24) is 0 Å². The molecule has 20 heavy (non-hydrogen) atoms. The van der Waals surface area contributed by atoms with Crippen LogP contribution in [0.4, 0.5) is 0 Å². The fraction of sp³-hybridized carbons (Fsp3) is 0.400. The van der Waals surface area contributed by atoms with Crippen LogP contribution in [-0.2, 0) is 9.59 Å². The predicted molar refractivity (Wildman–Crippen MR) is 74.5 cm³/mol. The highest BCUT2D eigenvalue weighted by molar-refractivity contribution is 6.43. The predicted octanol–water partition coefficient (Wildman–Crippen LogP) is 1.80. The summed E-state index contributed by atoms with van der Waals surface area (Å²) in [5.41, 5.74) is 5.77. The standard InChI is InChI=1S/C15H19NO4/c16-12(15(19)20)9-5-2-6-10-13(17)14(18)11-7-3-1-4-8-11/h1,3-4,7-8,12H,2,5-6,9-10,16H2,(H,19,20)/t12-/m0/s1. The molecule has 0 aliphatic rings. The number of rotatable bonds is 9. The Morgan fingerprint density at radius 1 is 1.05 bits per heavy atom. The summed E-state index contributed by atoms with van der Waals surface area (Å²) in [7, 11) is 0. The molecule has 0 aromatic heterocycles. The van der Waals surface area contributed by atoms with Gasteiger partial charge < -0.3 is 10.8 Å². The van der Waals surface area contributed by atoms with Crippen LogP contribution in [0, 0.1) is 0 Å². The molecule has 5 heteroatoms. The molecule has 1 aromatic rings. The molecule has 0 saturated heterocycles. The van der Waals surface area contributed by atoms with Gasteiger partial charge in [0.25, 0.3) is 0 Å². The Balaban J connectivity index is 2.24. The molecule has 3 N–H and O–H groups in total. The summed E-state index contributed by atoms with van der Waals surface area (Å²) < 4.78 is 0. The van der Waals surface area contributed by atoms with Crippen LogP contribution in [0.3, 0.4) is 0 Å². The number of nitrogens with two attached hydrogens (primary N) is 1. The average Bonchev–Trinajstić information content (AvgIpc) is 2.46. The van der Waals surface area contributed by atoms with Gasteiger partial charge in [0.15, 0.2) is 0 Å². The van der Waals surface area contributed by atoms with Crippen LogP contribution in [-0.4, -0.2) is 28.7 Å². The Labute approximate surface area is 117 Å². The molecule has 108 valence electrons. The molecule has 5 nitrogen and oxygen atoms in total. The van der Waals surface area contributed by atoms with Gasteiger partial charge in [0.05, 0.1) is 0 Å². The first-order valence-electron chi connectivity index (χ1n) is 6.63. The normalized spacial score (nSPS) is 11.8. The zero-order chi connectivity index (χ0) is 15.0. The molecule has 1 atom stereocenters. The van der Waals surface area contributed by atoms with Crippen molar-refractivity contribution in [3.63, 3.8) is 0 Å². The molecule has 0 radical (unpaired) electrons. The topological polar surface area (TPSA) is 97.5 Å². The smallest absolute Gasteiger partial charge is 0.320 e. The highest BCUT2D eigenvalue weighted by Gasteiger charge is 2.15. The maximum atomic E-state index is 11.8. The van der Waals surface area contributed by atoms with Gasteiger partial charge >= 0.3 is 5.97 Å². The van der Waals surface area contributed by atoms with Gasteiger partial charge in [-0.15, -0.1) is 0 Å². The van der Waals surface area contributed by atoms with Crippen molar-refractivity contribution >= 4 is 17.5 Å². The number of Topliss-reactive ketones (excluding diaryl/α,β-unsaturated/α-hetero) is 2. The van der Waals surface area contributed by atoms with E-state index in [0.717, 1.165) is 0 Å². The number of unbranched alkanes of at least 4 members (excludes halogenated alkanes) is 2. The number of ketones is 2. The monoisotopic (exact) mass is 277 g/mol. The summed E-state index contributed by atoms with van der Waals surface area (Å²) in [5, 5.41) is 8.60. The average molecular weight is 277 g/mol. The van der Waals surface area contributed by atoms with Crippen molar-refractivity contribution in [2.75, 3.05) is 0 Å². The lowest BCUT2D eigenvalue weighted by Gasteiger charge is -2.05. The molecule has 0 heterocycles. The lowest BCUT2D eigenvalue weighted by Crippen LogP contribution is -2.29. The van der Waals surface area contributed by atoms with E-state index in [0.29, 0.717) is 31.2 Å². The molecule has 0 amide bonds. The molecular formula is C15H19NO4. The number of carbonyl (C=O) groups excluding carboxylic acids is 2. The van der Waals surface area contributed by atoms with Crippen molar-refractivity contribution in [2.45, 2.75) is 38.1 Å². The van der Waals surface area contributed by atoms with Crippen LogP contribution >= 0.6 is 0 Å². The lowest BCUT2D eigenvalue weighted by atomic mass is 10.0. The highest BCUT2D eigenvalue weighted by atomic mass is 16.4. The molecule has 0 unspecified atom stereocenters. The first-order valence-corrected chi connectivity index (χ1v) is 6.63. The van der Waals surface area contributed by atoms with Crippen LogP contribution in [0.1, 0.15) is 42.5 Å². The lowest BCUT2D eigenvalue weighted by molar-refractivity contribution is -0.138. The number of benzene rings is 1. The van der Waals surface area contributed by atoms with Gasteiger partial charge in [-0.1, -0.05) is 43.2 Å². The van der Waals surface area contributed by atoms with Crippen molar-refractivity contribution in [1.29, 1.82) is 0 Å². The van der Waals surface area contributed by atoms with Crippen LogP contribution in [0.5, 0.6) is 0 Å². The summed E-state index contributed by atoms with van der Waals surface area (Å²) in [5.74, 6) is -1.88. The van der Waals surface area contributed by atoms with E-state index in [1.54, 1.807) is 30.3 Å². The summed E-state index contributed by atoms with van der Waals surface area (Å²) in [6, 6.07) is 7.60. The summed E-state index contributed by atoms with van der Waals surface area (Å²) in [6.45, 7) is 0. The second-order valence-electron chi connectivity index (χ2n) is 4.66. The van der Waals surface area contributed by atoms with Crippen LogP contribution in [0.15, 0.2) is 30.3 Å². The highest BCUT2D eigenvalue weighted by Crippen LogP contribution is 2.08. The first-order chi connectivity index (χ1) is 9.52. The molecular weight excluding hydrogens is 258 g/mol. The van der Waals surface area contributed by atoms with Gasteiger partial charge in [-0.25, -0.2) is 0 Å². The summed E-state index contributed by atoms with van der Waals surface area (Å²) in [4.78, 5) is 33.9. The maximum absolute atomic E-state index is 11.8. The van der Waals surface area contributed by atoms with E-state index in [4.69, 9.17) is 10.8 Å². The molecule has 1 aromatic carbocycles. The quantitative estimate of drug-likeness (QED) is 0.407. The largest absolute Gasteiger partial charge is 0.480 e. The third-order valence-electron chi connectivity index (χ3n) is 3.03. The van der Waals surface area contributed by atoms with Gasteiger partial charge in [0.1, 0.15) is 6.04 Å². The number of hydrogen-bond acceptors (Lipinski definition) is 4. The van der Waals surface area contributed by atoms with Crippen molar-refractivity contribution in [2.24, 2.45) is 5.73 Å².